The lowest BCUT2D eigenvalue weighted by molar-refractivity contribution is -0.156. The van der Waals surface area contributed by atoms with Gasteiger partial charge in [0.1, 0.15) is 5.54 Å². The summed E-state index contributed by atoms with van der Waals surface area (Å²) in [5.74, 6) is -4.52. The van der Waals surface area contributed by atoms with Crippen LogP contribution in [0.25, 0.3) is 0 Å². The number of rotatable bonds is 4. The van der Waals surface area contributed by atoms with E-state index in [2.05, 4.69) is 5.32 Å². The quantitative estimate of drug-likeness (QED) is 0.492. The molecule has 2 amide bonds. The van der Waals surface area contributed by atoms with Crippen molar-refractivity contribution in [1.29, 1.82) is 0 Å². The predicted molar refractivity (Wildman–Crippen MR) is 116 cm³/mol. The van der Waals surface area contributed by atoms with Crippen molar-refractivity contribution in [1.82, 2.24) is 10.2 Å². The Balaban J connectivity index is 2.29. The second kappa shape index (κ2) is 7.66. The number of hydrogen-bond donors (Lipinski definition) is 2. The number of hydrogen-bond acceptors (Lipinski definition) is 4. The maximum absolute atomic E-state index is 13.5. The highest BCUT2D eigenvalue weighted by molar-refractivity contribution is 6.43. The number of nitrogens with zero attached hydrogens (tertiary/aromatic N) is 1. The summed E-state index contributed by atoms with van der Waals surface area (Å²) in [6, 6.07) is 2.22. The Labute approximate surface area is 190 Å². The van der Waals surface area contributed by atoms with Crippen molar-refractivity contribution in [2.75, 3.05) is 0 Å². The van der Waals surface area contributed by atoms with Crippen LogP contribution in [0.1, 0.15) is 52.6 Å². The van der Waals surface area contributed by atoms with Gasteiger partial charge in [-0.1, -0.05) is 55.1 Å². The molecule has 5 unspecified atom stereocenters. The van der Waals surface area contributed by atoms with Crippen molar-refractivity contribution in [2.45, 2.75) is 58.2 Å². The monoisotopic (exact) mass is 474 g/mol. The molecule has 2 aliphatic heterocycles. The molecule has 9 heteroatoms. The molecular weight excluding hydrogens is 451 g/mol. The number of carboxylic acid groups (broad SMARTS) is 1. The van der Waals surface area contributed by atoms with Crippen LogP contribution >= 0.6 is 34.8 Å². The molecule has 2 fully saturated rings. The van der Waals surface area contributed by atoms with E-state index in [-0.39, 0.29) is 10.0 Å². The minimum Gasteiger partial charge on any atom is -0.480 e. The molecule has 2 N–H and O–H groups in total. The first-order valence-corrected chi connectivity index (χ1v) is 11.0. The summed E-state index contributed by atoms with van der Waals surface area (Å²) in [4.78, 5) is 40.8. The fourth-order valence-corrected chi connectivity index (χ4v) is 5.59. The Morgan fingerprint density at radius 2 is 1.83 bits per heavy atom. The molecule has 0 aromatic heterocycles. The smallest absolute Gasteiger partial charge is 0.325 e. The first-order chi connectivity index (χ1) is 13.8. The third-order valence-corrected chi connectivity index (χ3v) is 7.40. The zero-order valence-corrected chi connectivity index (χ0v) is 19.7. The lowest BCUT2D eigenvalue weighted by Crippen LogP contribution is -2.60. The van der Waals surface area contributed by atoms with Gasteiger partial charge < -0.3 is 5.11 Å². The molecule has 0 radical (unpaired) electrons. The maximum atomic E-state index is 13.5. The number of fused-ring (bicyclic) bond motifs is 1. The van der Waals surface area contributed by atoms with E-state index in [1.165, 1.54) is 11.0 Å². The first kappa shape index (κ1) is 23.3. The minimum absolute atomic E-state index is 0.178. The number of likely N-dealkylation sites (tertiary alicyclic amines) is 1. The van der Waals surface area contributed by atoms with E-state index in [0.717, 1.165) is 0 Å². The number of carboxylic acids is 1. The van der Waals surface area contributed by atoms with Gasteiger partial charge in [-0.25, -0.2) is 0 Å². The van der Waals surface area contributed by atoms with Crippen LogP contribution in [-0.2, 0) is 14.4 Å². The molecule has 2 saturated heterocycles. The number of aliphatic carboxylic acids is 1. The van der Waals surface area contributed by atoms with Gasteiger partial charge in [-0.3, -0.25) is 24.6 Å². The standard InChI is InChI=1S/C21H25Cl3N2O4/c1-6-9(2)21(19(29)30)14-13(17(27)26(18(14)28)20(3,4)5)16(25-21)11-7-10(22)8-12(23)15(11)24/h7-9,13-14,16,25H,6H2,1-5H3,(H,29,30). The van der Waals surface area contributed by atoms with E-state index in [1.807, 2.05) is 6.92 Å². The Morgan fingerprint density at radius 1 is 1.23 bits per heavy atom. The van der Waals surface area contributed by atoms with Crippen LogP contribution < -0.4 is 5.32 Å². The van der Waals surface area contributed by atoms with E-state index in [1.54, 1.807) is 33.8 Å². The summed E-state index contributed by atoms with van der Waals surface area (Å²) in [6.07, 6.45) is 0.496. The van der Waals surface area contributed by atoms with Crippen LogP contribution in [0.3, 0.4) is 0 Å². The summed E-state index contributed by atoms with van der Waals surface area (Å²) in [7, 11) is 0. The van der Waals surface area contributed by atoms with Crippen molar-refractivity contribution in [2.24, 2.45) is 17.8 Å². The summed E-state index contributed by atoms with van der Waals surface area (Å²) < 4.78 is 0. The molecule has 6 nitrogen and oxygen atoms in total. The Morgan fingerprint density at radius 3 is 2.33 bits per heavy atom. The molecule has 2 heterocycles. The molecule has 164 valence electrons. The van der Waals surface area contributed by atoms with Crippen molar-refractivity contribution in [3.8, 4) is 0 Å². The van der Waals surface area contributed by atoms with Crippen LogP contribution in [0.2, 0.25) is 15.1 Å². The Hall–Kier alpha value is -1.34. The van der Waals surface area contributed by atoms with Crippen molar-refractivity contribution in [3.63, 3.8) is 0 Å². The normalized spacial score (nSPS) is 30.0. The molecule has 30 heavy (non-hydrogen) atoms. The van der Waals surface area contributed by atoms with Crippen LogP contribution in [0, 0.1) is 17.8 Å². The fraction of sp³-hybridized carbons (Fsp3) is 0.571. The van der Waals surface area contributed by atoms with Gasteiger partial charge in [0.25, 0.3) is 0 Å². The van der Waals surface area contributed by atoms with Crippen LogP contribution in [0.15, 0.2) is 12.1 Å². The molecule has 5 atom stereocenters. The van der Waals surface area contributed by atoms with E-state index in [0.29, 0.717) is 17.0 Å². The number of imide groups is 1. The fourth-order valence-electron chi connectivity index (χ4n) is 4.85. The largest absolute Gasteiger partial charge is 0.480 e. The van der Waals surface area contributed by atoms with Gasteiger partial charge >= 0.3 is 5.97 Å². The van der Waals surface area contributed by atoms with E-state index >= 15 is 0 Å². The molecule has 0 spiro atoms. The average molecular weight is 476 g/mol. The van der Waals surface area contributed by atoms with Crippen molar-refractivity contribution >= 4 is 52.6 Å². The highest BCUT2D eigenvalue weighted by atomic mass is 35.5. The predicted octanol–water partition coefficient (Wildman–Crippen LogP) is 4.56. The zero-order chi connectivity index (χ0) is 22.8. The molecule has 0 bridgehead atoms. The average Bonchev–Trinajstić information content (AvgIpc) is 3.12. The third kappa shape index (κ3) is 3.24. The van der Waals surface area contributed by atoms with Crippen LogP contribution in [-0.4, -0.2) is 38.9 Å². The molecular formula is C21H25Cl3N2O4. The van der Waals surface area contributed by atoms with Gasteiger partial charge in [0.15, 0.2) is 0 Å². The minimum atomic E-state index is -1.63. The number of amides is 2. The molecule has 1 aromatic rings. The number of carbonyl (C=O) groups is 3. The van der Waals surface area contributed by atoms with Crippen molar-refractivity contribution < 1.29 is 19.5 Å². The number of halogens is 3. The van der Waals surface area contributed by atoms with E-state index in [9.17, 15) is 19.5 Å². The highest BCUT2D eigenvalue weighted by Gasteiger charge is 2.70. The molecule has 0 saturated carbocycles. The molecule has 0 aliphatic carbocycles. The lowest BCUT2D eigenvalue weighted by atomic mass is 9.72. The summed E-state index contributed by atoms with van der Waals surface area (Å²) in [5.41, 5.74) is -2.01. The van der Waals surface area contributed by atoms with Crippen LogP contribution in [0.5, 0.6) is 0 Å². The summed E-state index contributed by atoms with van der Waals surface area (Å²) in [6.45, 7) is 8.87. The van der Waals surface area contributed by atoms with Gasteiger partial charge in [-0.2, -0.15) is 0 Å². The summed E-state index contributed by atoms with van der Waals surface area (Å²) >= 11 is 18.8. The zero-order valence-electron chi connectivity index (χ0n) is 17.4. The van der Waals surface area contributed by atoms with E-state index in [4.69, 9.17) is 34.8 Å². The molecule has 2 aliphatic rings. The van der Waals surface area contributed by atoms with Gasteiger partial charge in [0.2, 0.25) is 11.8 Å². The summed E-state index contributed by atoms with van der Waals surface area (Å²) in [5, 5.41) is 14.1. The third-order valence-electron chi connectivity index (χ3n) is 6.37. The maximum Gasteiger partial charge on any atom is 0.325 e. The second-order valence-electron chi connectivity index (χ2n) is 9.08. The highest BCUT2D eigenvalue weighted by Crippen LogP contribution is 2.54. The molecule has 3 rings (SSSR count). The topological polar surface area (TPSA) is 86.7 Å². The van der Waals surface area contributed by atoms with Gasteiger partial charge in [-0.15, -0.1) is 0 Å². The first-order valence-electron chi connectivity index (χ1n) is 9.82. The Kier molecular flexibility index (Phi) is 5.96. The van der Waals surface area contributed by atoms with Crippen molar-refractivity contribution in [3.05, 3.63) is 32.8 Å². The second-order valence-corrected chi connectivity index (χ2v) is 10.3. The SMILES string of the molecule is CCC(C)C1(C(=O)O)NC(c2cc(Cl)cc(Cl)c2Cl)C2C(=O)N(C(C)(C)C)C(=O)C21. The van der Waals surface area contributed by atoms with E-state index < -0.39 is 52.7 Å². The number of benzene rings is 1. The van der Waals surface area contributed by atoms with Crippen LogP contribution in [0.4, 0.5) is 0 Å². The Bertz CT molecular complexity index is 930. The lowest BCUT2D eigenvalue weighted by Gasteiger charge is -2.38. The van der Waals surface area contributed by atoms with Gasteiger partial charge in [-0.05, 0) is 44.4 Å². The van der Waals surface area contributed by atoms with Gasteiger partial charge in [0, 0.05) is 16.6 Å². The molecule has 1 aromatic carbocycles. The number of nitrogens with one attached hydrogen (secondary N) is 1. The van der Waals surface area contributed by atoms with Gasteiger partial charge in [0.05, 0.1) is 21.9 Å². The number of carbonyl (C=O) groups excluding carboxylic acids is 2.